The third-order valence-electron chi connectivity index (χ3n) is 3.33. The third-order valence-corrected chi connectivity index (χ3v) is 3.33. The van der Waals surface area contributed by atoms with E-state index in [-0.39, 0.29) is 11.7 Å². The van der Waals surface area contributed by atoms with Gasteiger partial charge in [-0.3, -0.25) is 9.78 Å². The Bertz CT molecular complexity index is 784. The lowest BCUT2D eigenvalue weighted by Gasteiger charge is -2.03. The molecule has 0 fully saturated rings. The largest absolute Gasteiger partial charge is 0.350 e. The van der Waals surface area contributed by atoms with Gasteiger partial charge in [-0.2, -0.15) is 5.10 Å². The van der Waals surface area contributed by atoms with Gasteiger partial charge in [-0.05, 0) is 48.4 Å². The highest BCUT2D eigenvalue weighted by molar-refractivity contribution is 5.92. The molecule has 0 aliphatic rings. The van der Waals surface area contributed by atoms with Crippen molar-refractivity contribution in [3.8, 4) is 5.69 Å². The first-order valence-electron chi connectivity index (χ1n) is 7.21. The van der Waals surface area contributed by atoms with E-state index in [0.717, 1.165) is 5.56 Å². The lowest BCUT2D eigenvalue weighted by atomic mass is 10.2. The summed E-state index contributed by atoms with van der Waals surface area (Å²) in [5, 5.41) is 7.02. The molecule has 6 heteroatoms. The number of halogens is 1. The van der Waals surface area contributed by atoms with Crippen LogP contribution in [0.5, 0.6) is 0 Å². The minimum atomic E-state index is -0.311. The number of nitrogens with zero attached hydrogens (tertiary/aromatic N) is 3. The lowest BCUT2D eigenvalue weighted by molar-refractivity contribution is 0.0948. The van der Waals surface area contributed by atoms with Gasteiger partial charge >= 0.3 is 0 Å². The van der Waals surface area contributed by atoms with E-state index >= 15 is 0 Å². The molecule has 3 aromatic rings. The van der Waals surface area contributed by atoms with Crippen LogP contribution >= 0.6 is 0 Å². The molecule has 0 aliphatic carbocycles. The van der Waals surface area contributed by atoms with Crippen molar-refractivity contribution in [2.24, 2.45) is 0 Å². The number of rotatable bonds is 5. The van der Waals surface area contributed by atoms with Crippen LogP contribution in [0.4, 0.5) is 4.39 Å². The van der Waals surface area contributed by atoms with Crippen molar-refractivity contribution in [1.82, 2.24) is 20.1 Å². The number of hydrogen-bond donors (Lipinski definition) is 1. The highest BCUT2D eigenvalue weighted by Gasteiger charge is 2.09. The van der Waals surface area contributed by atoms with Crippen LogP contribution in [0.1, 0.15) is 16.1 Å². The smallest absolute Gasteiger partial charge is 0.271 e. The van der Waals surface area contributed by atoms with Gasteiger partial charge in [0.25, 0.3) is 5.91 Å². The maximum absolute atomic E-state index is 12.9. The van der Waals surface area contributed by atoms with Crippen LogP contribution in [-0.4, -0.2) is 27.2 Å². The van der Waals surface area contributed by atoms with E-state index in [9.17, 15) is 9.18 Å². The summed E-state index contributed by atoms with van der Waals surface area (Å²) < 4.78 is 14.5. The molecule has 1 N–H and O–H groups in total. The molecular weight excluding hydrogens is 295 g/mol. The molecule has 0 unspecified atom stereocenters. The van der Waals surface area contributed by atoms with E-state index < -0.39 is 0 Å². The SMILES string of the molecule is O=C(NCCc1cccnc1)c1ccn(-c2ccc(F)cc2)n1. The molecule has 1 aromatic carbocycles. The molecule has 0 radical (unpaired) electrons. The van der Waals surface area contributed by atoms with E-state index in [1.54, 1.807) is 36.8 Å². The van der Waals surface area contributed by atoms with Gasteiger partial charge in [-0.1, -0.05) is 6.07 Å². The van der Waals surface area contributed by atoms with E-state index in [1.165, 1.54) is 16.8 Å². The number of nitrogens with one attached hydrogen (secondary N) is 1. The summed E-state index contributed by atoms with van der Waals surface area (Å²) in [6, 6.07) is 11.4. The predicted octanol–water partition coefficient (Wildman–Crippen LogP) is 2.38. The number of amides is 1. The van der Waals surface area contributed by atoms with Crippen molar-refractivity contribution >= 4 is 5.91 Å². The first kappa shape index (κ1) is 14.9. The van der Waals surface area contributed by atoms with Gasteiger partial charge in [0.1, 0.15) is 5.82 Å². The molecule has 0 saturated carbocycles. The van der Waals surface area contributed by atoms with Crippen LogP contribution in [0.15, 0.2) is 61.1 Å². The quantitative estimate of drug-likeness (QED) is 0.787. The summed E-state index contributed by atoms with van der Waals surface area (Å²) in [4.78, 5) is 16.1. The van der Waals surface area contributed by atoms with E-state index in [2.05, 4.69) is 15.4 Å². The van der Waals surface area contributed by atoms with Crippen LogP contribution in [0.25, 0.3) is 5.69 Å². The Hall–Kier alpha value is -3.02. The van der Waals surface area contributed by atoms with Crippen molar-refractivity contribution < 1.29 is 9.18 Å². The summed E-state index contributed by atoms with van der Waals surface area (Å²) in [6.07, 6.45) is 5.86. The van der Waals surface area contributed by atoms with Crippen molar-refractivity contribution in [3.05, 3.63) is 78.1 Å². The number of benzene rings is 1. The van der Waals surface area contributed by atoms with E-state index in [4.69, 9.17) is 0 Å². The van der Waals surface area contributed by atoms with Gasteiger partial charge in [0.15, 0.2) is 5.69 Å². The molecule has 0 saturated heterocycles. The molecule has 0 aliphatic heterocycles. The summed E-state index contributed by atoms with van der Waals surface area (Å²) in [6.45, 7) is 0.508. The Morgan fingerprint density at radius 2 is 2.00 bits per heavy atom. The normalized spacial score (nSPS) is 10.5. The van der Waals surface area contributed by atoms with Crippen LogP contribution < -0.4 is 5.32 Å². The lowest BCUT2D eigenvalue weighted by Crippen LogP contribution is -2.26. The Morgan fingerprint density at radius 1 is 1.17 bits per heavy atom. The molecular formula is C17H15FN4O. The second kappa shape index (κ2) is 6.83. The Kier molecular flexibility index (Phi) is 4.42. The average Bonchev–Trinajstić information content (AvgIpc) is 3.06. The fourth-order valence-electron chi connectivity index (χ4n) is 2.14. The van der Waals surface area contributed by atoms with Crippen LogP contribution in [-0.2, 0) is 6.42 Å². The number of hydrogen-bond acceptors (Lipinski definition) is 3. The van der Waals surface area contributed by atoms with Gasteiger partial charge in [0.2, 0.25) is 0 Å². The van der Waals surface area contributed by atoms with Crippen LogP contribution in [0.3, 0.4) is 0 Å². The van der Waals surface area contributed by atoms with Gasteiger partial charge in [-0.25, -0.2) is 9.07 Å². The van der Waals surface area contributed by atoms with Gasteiger partial charge < -0.3 is 5.32 Å². The highest BCUT2D eigenvalue weighted by atomic mass is 19.1. The van der Waals surface area contributed by atoms with Gasteiger partial charge in [0.05, 0.1) is 5.69 Å². The molecule has 1 amide bonds. The molecule has 116 valence electrons. The van der Waals surface area contributed by atoms with Crippen molar-refractivity contribution in [2.45, 2.75) is 6.42 Å². The Morgan fingerprint density at radius 3 is 2.74 bits per heavy atom. The molecule has 0 bridgehead atoms. The minimum absolute atomic E-state index is 0.241. The van der Waals surface area contributed by atoms with Gasteiger partial charge in [0, 0.05) is 25.1 Å². The van der Waals surface area contributed by atoms with Crippen molar-refractivity contribution in [3.63, 3.8) is 0 Å². The zero-order valence-corrected chi connectivity index (χ0v) is 12.3. The number of carbonyl (C=O) groups excluding carboxylic acids is 1. The van der Waals surface area contributed by atoms with E-state index in [1.807, 2.05) is 12.1 Å². The summed E-state index contributed by atoms with van der Waals surface area (Å²) in [7, 11) is 0. The maximum atomic E-state index is 12.9. The maximum Gasteiger partial charge on any atom is 0.271 e. The zero-order chi connectivity index (χ0) is 16.1. The molecule has 2 heterocycles. The van der Waals surface area contributed by atoms with Gasteiger partial charge in [-0.15, -0.1) is 0 Å². The Balaban J connectivity index is 1.59. The summed E-state index contributed by atoms with van der Waals surface area (Å²) in [5.41, 5.74) is 2.07. The van der Waals surface area contributed by atoms with Crippen LogP contribution in [0, 0.1) is 5.82 Å². The third kappa shape index (κ3) is 3.79. The fourth-order valence-corrected chi connectivity index (χ4v) is 2.14. The topological polar surface area (TPSA) is 59.8 Å². The minimum Gasteiger partial charge on any atom is -0.350 e. The van der Waals surface area contributed by atoms with Crippen LogP contribution in [0.2, 0.25) is 0 Å². The standard InChI is InChI=1S/C17H15FN4O/c18-14-3-5-15(6-4-14)22-11-8-16(21-22)17(23)20-10-7-13-2-1-9-19-12-13/h1-6,8-9,11-12H,7,10H2,(H,20,23). The molecule has 5 nitrogen and oxygen atoms in total. The predicted molar refractivity (Wildman–Crippen MR) is 83.8 cm³/mol. The summed E-state index contributed by atoms with van der Waals surface area (Å²) in [5.74, 6) is -0.552. The highest BCUT2D eigenvalue weighted by Crippen LogP contribution is 2.09. The molecule has 3 rings (SSSR count). The monoisotopic (exact) mass is 310 g/mol. The van der Waals surface area contributed by atoms with Crippen molar-refractivity contribution in [1.29, 1.82) is 0 Å². The van der Waals surface area contributed by atoms with Crippen molar-refractivity contribution in [2.75, 3.05) is 6.54 Å². The molecule has 23 heavy (non-hydrogen) atoms. The second-order valence-corrected chi connectivity index (χ2v) is 4.99. The second-order valence-electron chi connectivity index (χ2n) is 4.99. The Labute approximate surface area is 132 Å². The number of pyridine rings is 1. The zero-order valence-electron chi connectivity index (χ0n) is 12.3. The average molecular weight is 310 g/mol. The molecule has 0 spiro atoms. The summed E-state index contributed by atoms with van der Waals surface area (Å²) >= 11 is 0. The molecule has 2 aromatic heterocycles. The first-order valence-corrected chi connectivity index (χ1v) is 7.21. The van der Waals surface area contributed by atoms with E-state index in [0.29, 0.717) is 24.3 Å². The fraction of sp³-hybridized carbons (Fsp3) is 0.118. The first-order chi connectivity index (χ1) is 11.2. The molecule has 0 atom stereocenters. The number of aromatic nitrogens is 3. The number of carbonyl (C=O) groups is 1.